The largest absolute Gasteiger partial charge is 0.379 e. The lowest BCUT2D eigenvalue weighted by Gasteiger charge is -2.06. The molecule has 0 bridgehead atoms. The van der Waals surface area contributed by atoms with Gasteiger partial charge in [-0.2, -0.15) is 0 Å². The normalized spacial score (nSPS) is 15.3. The molecule has 1 N–H and O–H groups in total. The number of nitrogens with one attached hydrogen (secondary N) is 1. The van der Waals surface area contributed by atoms with E-state index >= 15 is 0 Å². The van der Waals surface area contributed by atoms with Crippen LogP contribution < -0.4 is 5.32 Å². The van der Waals surface area contributed by atoms with Crippen LogP contribution in [0.15, 0.2) is 17.8 Å². The standard InChI is InChI=1S/C12H15N3OS/c1-2-9(1)7-16-5-4-13-12-11-10(3-6-17-11)14-8-15-12/h3,6,8-9H,1-2,4-5,7H2,(H,13,14,15). The summed E-state index contributed by atoms with van der Waals surface area (Å²) in [5.74, 6) is 1.75. The van der Waals surface area contributed by atoms with Crippen LogP contribution in [0, 0.1) is 5.92 Å². The SMILES string of the molecule is c1nc(NCCOCC2CC2)c2sccc2n1. The summed E-state index contributed by atoms with van der Waals surface area (Å²) in [6.45, 7) is 2.46. The monoisotopic (exact) mass is 249 g/mol. The molecule has 2 aromatic rings. The molecule has 0 radical (unpaired) electrons. The quantitative estimate of drug-likeness (QED) is 0.799. The van der Waals surface area contributed by atoms with Crippen molar-refractivity contribution < 1.29 is 4.74 Å². The average Bonchev–Trinajstić information content (AvgIpc) is 3.04. The van der Waals surface area contributed by atoms with E-state index in [2.05, 4.69) is 15.3 Å². The molecular formula is C12H15N3OS. The van der Waals surface area contributed by atoms with Gasteiger partial charge in [0.15, 0.2) is 0 Å². The summed E-state index contributed by atoms with van der Waals surface area (Å²) in [5, 5.41) is 5.34. The number of ether oxygens (including phenoxy) is 1. The summed E-state index contributed by atoms with van der Waals surface area (Å²) in [4.78, 5) is 8.46. The summed E-state index contributed by atoms with van der Waals surface area (Å²) >= 11 is 1.66. The Kier molecular flexibility index (Phi) is 3.20. The van der Waals surface area contributed by atoms with Crippen molar-refractivity contribution in [3.63, 3.8) is 0 Å². The Hall–Kier alpha value is -1.20. The molecule has 0 amide bonds. The van der Waals surface area contributed by atoms with Gasteiger partial charge in [-0.15, -0.1) is 11.3 Å². The number of hydrogen-bond acceptors (Lipinski definition) is 5. The first kappa shape index (κ1) is 10.9. The van der Waals surface area contributed by atoms with E-state index in [1.807, 2.05) is 11.4 Å². The number of hydrogen-bond donors (Lipinski definition) is 1. The maximum absolute atomic E-state index is 5.57. The molecule has 3 rings (SSSR count). The van der Waals surface area contributed by atoms with Crippen molar-refractivity contribution in [2.24, 2.45) is 5.92 Å². The molecule has 0 atom stereocenters. The molecule has 0 unspecified atom stereocenters. The van der Waals surface area contributed by atoms with Gasteiger partial charge >= 0.3 is 0 Å². The predicted molar refractivity (Wildman–Crippen MR) is 69.4 cm³/mol. The van der Waals surface area contributed by atoms with Gasteiger partial charge in [-0.3, -0.25) is 0 Å². The minimum Gasteiger partial charge on any atom is -0.379 e. The highest BCUT2D eigenvalue weighted by Gasteiger charge is 2.20. The third kappa shape index (κ3) is 2.73. The maximum atomic E-state index is 5.57. The van der Waals surface area contributed by atoms with Crippen LogP contribution in [0.1, 0.15) is 12.8 Å². The number of aromatic nitrogens is 2. The first-order valence-electron chi connectivity index (χ1n) is 5.93. The molecule has 1 aliphatic carbocycles. The second-order valence-corrected chi connectivity index (χ2v) is 5.22. The lowest BCUT2D eigenvalue weighted by Crippen LogP contribution is -2.11. The number of fused-ring (bicyclic) bond motifs is 1. The highest BCUT2D eigenvalue weighted by atomic mass is 32.1. The van der Waals surface area contributed by atoms with Crippen molar-refractivity contribution in [2.75, 3.05) is 25.1 Å². The second-order valence-electron chi connectivity index (χ2n) is 4.30. The van der Waals surface area contributed by atoms with Crippen molar-refractivity contribution in [3.8, 4) is 0 Å². The van der Waals surface area contributed by atoms with E-state index in [1.165, 1.54) is 12.8 Å². The summed E-state index contributed by atoms with van der Waals surface area (Å²) in [5.41, 5.74) is 1.01. The van der Waals surface area contributed by atoms with Gasteiger partial charge in [0, 0.05) is 13.2 Å². The van der Waals surface area contributed by atoms with Crippen LogP contribution in [-0.4, -0.2) is 29.7 Å². The Labute approximate surface area is 104 Å². The summed E-state index contributed by atoms with van der Waals surface area (Å²) < 4.78 is 6.69. The summed E-state index contributed by atoms with van der Waals surface area (Å²) in [6.07, 6.45) is 4.28. The zero-order valence-electron chi connectivity index (χ0n) is 9.56. The number of nitrogens with zero attached hydrogens (tertiary/aromatic N) is 2. The van der Waals surface area contributed by atoms with Crippen molar-refractivity contribution in [1.29, 1.82) is 0 Å². The fourth-order valence-electron chi connectivity index (χ4n) is 1.69. The van der Waals surface area contributed by atoms with Gasteiger partial charge in [-0.25, -0.2) is 9.97 Å². The molecule has 2 aromatic heterocycles. The Morgan fingerprint density at radius 1 is 1.41 bits per heavy atom. The van der Waals surface area contributed by atoms with Crippen LogP contribution in [0.3, 0.4) is 0 Å². The molecule has 1 fully saturated rings. The van der Waals surface area contributed by atoms with Gasteiger partial charge in [0.2, 0.25) is 0 Å². The van der Waals surface area contributed by atoms with Crippen molar-refractivity contribution in [2.45, 2.75) is 12.8 Å². The Morgan fingerprint density at radius 2 is 2.35 bits per heavy atom. The first-order valence-corrected chi connectivity index (χ1v) is 6.81. The summed E-state index contributed by atoms with van der Waals surface area (Å²) in [6, 6.07) is 2.01. The van der Waals surface area contributed by atoms with Crippen molar-refractivity contribution in [3.05, 3.63) is 17.8 Å². The third-order valence-corrected chi connectivity index (χ3v) is 3.74. The van der Waals surface area contributed by atoms with Crippen molar-refractivity contribution >= 4 is 27.4 Å². The van der Waals surface area contributed by atoms with E-state index in [-0.39, 0.29) is 0 Å². The van der Waals surface area contributed by atoms with Crippen LogP contribution in [0.25, 0.3) is 10.2 Å². The number of anilines is 1. The lowest BCUT2D eigenvalue weighted by molar-refractivity contribution is 0.134. The van der Waals surface area contributed by atoms with Crippen LogP contribution >= 0.6 is 11.3 Å². The van der Waals surface area contributed by atoms with Gasteiger partial charge < -0.3 is 10.1 Å². The van der Waals surface area contributed by atoms with Gasteiger partial charge in [-0.1, -0.05) is 0 Å². The van der Waals surface area contributed by atoms with Gasteiger partial charge in [0.1, 0.15) is 12.1 Å². The van der Waals surface area contributed by atoms with E-state index in [1.54, 1.807) is 17.7 Å². The highest BCUT2D eigenvalue weighted by Crippen LogP contribution is 2.28. The Morgan fingerprint density at radius 3 is 3.24 bits per heavy atom. The molecule has 5 heteroatoms. The van der Waals surface area contributed by atoms with Crippen molar-refractivity contribution in [1.82, 2.24) is 9.97 Å². The molecule has 17 heavy (non-hydrogen) atoms. The van der Waals surface area contributed by atoms with E-state index < -0.39 is 0 Å². The summed E-state index contributed by atoms with van der Waals surface area (Å²) in [7, 11) is 0. The van der Waals surface area contributed by atoms with Crippen LogP contribution in [0.4, 0.5) is 5.82 Å². The van der Waals surface area contributed by atoms with Crippen LogP contribution in [0.5, 0.6) is 0 Å². The molecule has 90 valence electrons. The molecule has 0 aromatic carbocycles. The van der Waals surface area contributed by atoms with E-state index in [0.717, 1.165) is 41.7 Å². The molecule has 0 aliphatic heterocycles. The fourth-order valence-corrected chi connectivity index (χ4v) is 2.50. The second kappa shape index (κ2) is 4.98. The molecular weight excluding hydrogens is 234 g/mol. The van der Waals surface area contributed by atoms with E-state index in [4.69, 9.17) is 4.74 Å². The minimum absolute atomic E-state index is 0.743. The zero-order valence-corrected chi connectivity index (χ0v) is 10.4. The topological polar surface area (TPSA) is 47.0 Å². The molecule has 4 nitrogen and oxygen atoms in total. The van der Waals surface area contributed by atoms with E-state index in [0.29, 0.717) is 0 Å². The molecule has 0 spiro atoms. The smallest absolute Gasteiger partial charge is 0.147 e. The average molecular weight is 249 g/mol. The van der Waals surface area contributed by atoms with Gasteiger partial charge in [-0.05, 0) is 30.2 Å². The first-order chi connectivity index (χ1) is 8.43. The lowest BCUT2D eigenvalue weighted by atomic mass is 10.4. The number of thiophene rings is 1. The third-order valence-electron chi connectivity index (χ3n) is 2.83. The Balaban J connectivity index is 1.51. The Bertz CT molecular complexity index is 495. The molecule has 0 saturated heterocycles. The van der Waals surface area contributed by atoms with Crippen LogP contribution in [-0.2, 0) is 4.74 Å². The maximum Gasteiger partial charge on any atom is 0.147 e. The number of rotatable bonds is 6. The molecule has 1 aliphatic rings. The fraction of sp³-hybridized carbons (Fsp3) is 0.500. The minimum atomic E-state index is 0.743. The van der Waals surface area contributed by atoms with Crippen LogP contribution in [0.2, 0.25) is 0 Å². The highest BCUT2D eigenvalue weighted by molar-refractivity contribution is 7.17. The zero-order chi connectivity index (χ0) is 11.5. The van der Waals surface area contributed by atoms with Gasteiger partial charge in [0.25, 0.3) is 0 Å². The van der Waals surface area contributed by atoms with E-state index in [9.17, 15) is 0 Å². The molecule has 2 heterocycles. The predicted octanol–water partition coefficient (Wildman–Crippen LogP) is 2.53. The van der Waals surface area contributed by atoms with Gasteiger partial charge in [0.05, 0.1) is 16.8 Å². The molecule has 1 saturated carbocycles.